The van der Waals surface area contributed by atoms with Crippen molar-refractivity contribution >= 4 is 20.1 Å². The average molecular weight is 793 g/mol. The number of ether oxygens (including phenoxy) is 5. The van der Waals surface area contributed by atoms with Crippen LogP contribution in [0.25, 0.3) is 0 Å². The Hall–Kier alpha value is -3.93. The van der Waals surface area contributed by atoms with Gasteiger partial charge in [0.1, 0.15) is 46.4 Å². The second-order valence-corrected chi connectivity index (χ2v) is 22.0. The highest BCUT2D eigenvalue weighted by Crippen LogP contribution is 2.47. The number of aliphatic hydroxyl groups is 1. The van der Waals surface area contributed by atoms with Gasteiger partial charge in [0.2, 0.25) is 0 Å². The van der Waals surface area contributed by atoms with Crippen LogP contribution in [0.2, 0.25) is 18.1 Å². The minimum atomic E-state index is -2.52. The van der Waals surface area contributed by atoms with E-state index in [-0.39, 0.29) is 18.3 Å². The van der Waals surface area contributed by atoms with Gasteiger partial charge in [0.15, 0.2) is 8.32 Å². The molecule has 0 aromatic heterocycles. The topological polar surface area (TPSA) is 75.6 Å². The molecule has 7 nitrogen and oxygen atoms in total. The molecule has 56 heavy (non-hydrogen) atoms. The molecule has 1 N–H and O–H groups in total. The van der Waals surface area contributed by atoms with E-state index in [0.29, 0.717) is 11.5 Å². The summed E-state index contributed by atoms with van der Waals surface area (Å²) < 4.78 is 39.7. The minimum Gasteiger partial charge on any atom is -0.497 e. The molecular formula is C47H56O7SSi. The fourth-order valence-corrected chi connectivity index (χ4v) is 9.42. The second kappa shape index (κ2) is 17.7. The SMILES string of the molecule is COc1cc(CO[C@@H]2[C@@H](O[Si](C)(C)C(C)(C)C)[C@@](C)(O)[C@@H](COC(c3ccccc3)(c3ccccc3)c3ccccc3)O[C@H]2Sc2ccccc2)cc(OC)c1. The summed E-state index contributed by atoms with van der Waals surface area (Å²) in [5, 5.41) is 12.9. The maximum atomic E-state index is 13.0. The number of methoxy groups -OCH3 is 2. The van der Waals surface area contributed by atoms with Gasteiger partial charge in [-0.05, 0) is 71.6 Å². The van der Waals surface area contributed by atoms with Gasteiger partial charge in [-0.2, -0.15) is 0 Å². The third kappa shape index (κ3) is 9.10. The quantitative estimate of drug-likeness (QED) is 0.0830. The molecule has 1 heterocycles. The smallest absolute Gasteiger partial charge is 0.192 e. The lowest BCUT2D eigenvalue weighted by molar-refractivity contribution is -0.264. The summed E-state index contributed by atoms with van der Waals surface area (Å²) in [5.41, 5.74) is 0.619. The summed E-state index contributed by atoms with van der Waals surface area (Å²) in [6.07, 6.45) is -2.27. The van der Waals surface area contributed by atoms with Crippen LogP contribution in [0.5, 0.6) is 11.5 Å². The van der Waals surface area contributed by atoms with Crippen LogP contribution in [-0.4, -0.2) is 63.6 Å². The molecule has 1 fully saturated rings. The molecule has 5 atom stereocenters. The van der Waals surface area contributed by atoms with Gasteiger partial charge in [-0.3, -0.25) is 0 Å². The van der Waals surface area contributed by atoms with Gasteiger partial charge in [-0.15, -0.1) is 0 Å². The van der Waals surface area contributed by atoms with Crippen LogP contribution in [0.4, 0.5) is 0 Å². The molecule has 0 unspecified atom stereocenters. The second-order valence-electron chi connectivity index (χ2n) is 16.0. The van der Waals surface area contributed by atoms with Crippen molar-refractivity contribution in [1.29, 1.82) is 0 Å². The molecule has 0 spiro atoms. The van der Waals surface area contributed by atoms with Gasteiger partial charge >= 0.3 is 0 Å². The fraction of sp³-hybridized carbons (Fsp3) is 0.362. The lowest BCUT2D eigenvalue weighted by atomic mass is 9.79. The Kier molecular flexibility index (Phi) is 13.2. The zero-order valence-electron chi connectivity index (χ0n) is 33.8. The van der Waals surface area contributed by atoms with E-state index in [1.807, 2.05) is 97.9 Å². The number of rotatable bonds is 15. The molecule has 9 heteroatoms. The summed E-state index contributed by atoms with van der Waals surface area (Å²) in [6.45, 7) is 13.1. The van der Waals surface area contributed by atoms with E-state index >= 15 is 0 Å². The van der Waals surface area contributed by atoms with Crippen molar-refractivity contribution in [2.24, 2.45) is 0 Å². The molecule has 6 rings (SSSR count). The highest BCUT2D eigenvalue weighted by molar-refractivity contribution is 7.99. The Balaban J connectivity index is 1.44. The molecular weight excluding hydrogens is 737 g/mol. The Bertz CT molecular complexity index is 1850. The van der Waals surface area contributed by atoms with Crippen LogP contribution in [0.15, 0.2) is 144 Å². The Morgan fingerprint density at radius 1 is 0.714 bits per heavy atom. The van der Waals surface area contributed by atoms with Gasteiger partial charge in [0.05, 0.1) is 27.4 Å². The van der Waals surface area contributed by atoms with E-state index in [9.17, 15) is 5.11 Å². The molecule has 0 radical (unpaired) electrons. The highest BCUT2D eigenvalue weighted by atomic mass is 32.2. The van der Waals surface area contributed by atoms with E-state index in [1.165, 1.54) is 0 Å². The zero-order valence-corrected chi connectivity index (χ0v) is 35.6. The molecule has 0 saturated carbocycles. The number of thioether (sulfide) groups is 1. The predicted octanol–water partition coefficient (Wildman–Crippen LogP) is 10.3. The molecule has 5 aromatic carbocycles. The largest absolute Gasteiger partial charge is 0.497 e. The maximum Gasteiger partial charge on any atom is 0.192 e. The molecule has 1 aliphatic rings. The van der Waals surface area contributed by atoms with Gasteiger partial charge in [0, 0.05) is 11.0 Å². The van der Waals surface area contributed by atoms with Gasteiger partial charge in [0.25, 0.3) is 0 Å². The van der Waals surface area contributed by atoms with Crippen LogP contribution in [0.1, 0.15) is 49.9 Å². The summed E-state index contributed by atoms with van der Waals surface area (Å²) in [4.78, 5) is 1.01. The van der Waals surface area contributed by atoms with E-state index < -0.39 is 43.3 Å². The lowest BCUT2D eigenvalue weighted by Gasteiger charge is -2.53. The maximum absolute atomic E-state index is 13.0. The van der Waals surface area contributed by atoms with Crippen LogP contribution < -0.4 is 9.47 Å². The van der Waals surface area contributed by atoms with Crippen LogP contribution in [0, 0.1) is 0 Å². The third-order valence-electron chi connectivity index (χ3n) is 11.2. The Morgan fingerprint density at radius 3 is 1.62 bits per heavy atom. The van der Waals surface area contributed by atoms with Gasteiger partial charge in [-0.1, -0.05) is 142 Å². The molecule has 0 bridgehead atoms. The number of hydrogen-bond acceptors (Lipinski definition) is 8. The first-order chi connectivity index (χ1) is 26.8. The first-order valence-electron chi connectivity index (χ1n) is 19.2. The van der Waals surface area contributed by atoms with Gasteiger partial charge in [-0.25, -0.2) is 0 Å². The van der Waals surface area contributed by atoms with E-state index in [2.05, 4.69) is 82.4 Å². The van der Waals surface area contributed by atoms with Gasteiger partial charge < -0.3 is 33.2 Å². The molecule has 5 aromatic rings. The molecule has 0 amide bonds. The zero-order chi connectivity index (χ0) is 40.0. The normalized spacial score (nSPS) is 21.7. The number of hydrogen-bond donors (Lipinski definition) is 1. The van der Waals surface area contributed by atoms with Crippen molar-refractivity contribution in [3.63, 3.8) is 0 Å². The van der Waals surface area contributed by atoms with E-state index in [1.54, 1.807) is 26.0 Å². The van der Waals surface area contributed by atoms with Crippen LogP contribution >= 0.6 is 11.8 Å². The molecule has 0 aliphatic carbocycles. The minimum absolute atomic E-state index is 0.0503. The average Bonchev–Trinajstić information content (AvgIpc) is 3.20. The fourth-order valence-electron chi connectivity index (χ4n) is 6.93. The first kappa shape index (κ1) is 41.7. The molecule has 1 saturated heterocycles. The number of benzene rings is 5. The Morgan fingerprint density at radius 2 is 1.18 bits per heavy atom. The van der Waals surface area contributed by atoms with Crippen molar-refractivity contribution in [3.05, 3.63) is 162 Å². The van der Waals surface area contributed by atoms with Crippen LogP contribution in [-0.2, 0) is 30.8 Å². The highest BCUT2D eigenvalue weighted by Gasteiger charge is 2.57. The summed E-state index contributed by atoms with van der Waals surface area (Å²) in [7, 11) is 0.746. The van der Waals surface area contributed by atoms with Crippen molar-refractivity contribution in [3.8, 4) is 11.5 Å². The van der Waals surface area contributed by atoms with E-state index in [4.69, 9.17) is 28.1 Å². The van der Waals surface area contributed by atoms with Crippen LogP contribution in [0.3, 0.4) is 0 Å². The monoisotopic (exact) mass is 792 g/mol. The molecule has 1 aliphatic heterocycles. The third-order valence-corrected chi connectivity index (χ3v) is 16.8. The standard InChI is InChI=1S/C47H56O7SSi/c1-45(2,3)56(7,8)54-43-42(51-32-34-29-38(49-5)31-39(30-34)50-6)44(55-40-27-19-12-20-28-40)53-41(46(43,4)48)33-52-47(35-21-13-9-14-22-35,36-23-15-10-16-24-36)37-25-17-11-18-26-37/h9-31,41-44,48H,32-33H2,1-8H3/t41-,42-,43-,44+,46+/m1/s1. The summed E-state index contributed by atoms with van der Waals surface area (Å²) in [6, 6.07) is 46.6. The summed E-state index contributed by atoms with van der Waals surface area (Å²) in [5.74, 6) is 1.32. The Labute approximate surface area is 338 Å². The van der Waals surface area contributed by atoms with Crippen molar-refractivity contribution in [1.82, 2.24) is 0 Å². The van der Waals surface area contributed by atoms with E-state index in [0.717, 1.165) is 27.1 Å². The van der Waals surface area contributed by atoms with Crippen molar-refractivity contribution < 1.29 is 33.2 Å². The van der Waals surface area contributed by atoms with Crippen molar-refractivity contribution in [2.45, 2.75) is 92.3 Å². The molecule has 296 valence electrons. The van der Waals surface area contributed by atoms with Crippen molar-refractivity contribution in [2.75, 3.05) is 20.8 Å². The summed E-state index contributed by atoms with van der Waals surface area (Å²) >= 11 is 1.56. The predicted molar refractivity (Wildman–Crippen MR) is 227 cm³/mol. The lowest BCUT2D eigenvalue weighted by Crippen LogP contribution is -2.68. The first-order valence-corrected chi connectivity index (χ1v) is 23.0.